The molecule has 0 bridgehead atoms. The molecule has 5 atom stereocenters. The number of hydrogen-bond donors (Lipinski definition) is 2. The molecule has 0 unspecified atom stereocenters. The fraction of sp³-hybridized carbons (Fsp3) is 0.895. The maximum absolute atomic E-state index is 11.0. The van der Waals surface area contributed by atoms with Crippen molar-refractivity contribution in [2.45, 2.75) is 84.3 Å². The minimum Gasteiger partial charge on any atom is -0.390 e. The molecule has 2 aliphatic rings. The highest BCUT2D eigenvalue weighted by atomic mass is 16.3. The Morgan fingerprint density at radius 3 is 2.38 bits per heavy atom. The lowest BCUT2D eigenvalue weighted by molar-refractivity contribution is -0.180. The molecule has 0 aromatic rings. The highest BCUT2D eigenvalue weighted by Gasteiger charge is 2.58. The average Bonchev–Trinajstić information content (AvgIpc) is 2.33. The first-order valence-corrected chi connectivity index (χ1v) is 8.53. The van der Waals surface area contributed by atoms with E-state index in [9.17, 15) is 10.2 Å². The number of rotatable bonds is 3. The molecule has 0 amide bonds. The van der Waals surface area contributed by atoms with Gasteiger partial charge in [0.05, 0.1) is 11.2 Å². The average molecular weight is 294 g/mol. The first-order chi connectivity index (χ1) is 9.45. The van der Waals surface area contributed by atoms with Crippen LogP contribution in [0.4, 0.5) is 0 Å². The minimum absolute atomic E-state index is 0.108. The van der Waals surface area contributed by atoms with Crippen molar-refractivity contribution in [2.75, 3.05) is 0 Å². The van der Waals surface area contributed by atoms with E-state index in [2.05, 4.69) is 27.4 Å². The third kappa shape index (κ3) is 2.94. The van der Waals surface area contributed by atoms with Gasteiger partial charge in [0.25, 0.3) is 0 Å². The molecular formula is C19H34O2. The fourth-order valence-electron chi connectivity index (χ4n) is 5.57. The smallest absolute Gasteiger partial charge is 0.0801 e. The molecule has 2 saturated carbocycles. The molecule has 21 heavy (non-hydrogen) atoms. The van der Waals surface area contributed by atoms with Crippen molar-refractivity contribution >= 4 is 0 Å². The zero-order valence-corrected chi connectivity index (χ0v) is 14.6. The summed E-state index contributed by atoms with van der Waals surface area (Å²) in [5.41, 5.74) is -1.15. The van der Waals surface area contributed by atoms with Crippen LogP contribution in [0.1, 0.15) is 73.1 Å². The van der Waals surface area contributed by atoms with Gasteiger partial charge in [-0.3, -0.25) is 0 Å². The van der Waals surface area contributed by atoms with Crippen LogP contribution in [-0.2, 0) is 0 Å². The Kier molecular flexibility index (Phi) is 4.13. The summed E-state index contributed by atoms with van der Waals surface area (Å²) in [7, 11) is 0. The lowest BCUT2D eigenvalue weighted by Crippen LogP contribution is -2.58. The van der Waals surface area contributed by atoms with E-state index >= 15 is 0 Å². The molecule has 2 aliphatic carbocycles. The van der Waals surface area contributed by atoms with Gasteiger partial charge < -0.3 is 10.2 Å². The Hall–Kier alpha value is -0.340. The molecule has 2 N–H and O–H groups in total. The van der Waals surface area contributed by atoms with Crippen LogP contribution in [0.15, 0.2) is 12.7 Å². The van der Waals surface area contributed by atoms with Gasteiger partial charge in [-0.1, -0.05) is 33.3 Å². The van der Waals surface area contributed by atoms with Crippen molar-refractivity contribution in [3.8, 4) is 0 Å². The lowest BCUT2D eigenvalue weighted by Gasteiger charge is -2.62. The van der Waals surface area contributed by atoms with Crippen LogP contribution in [0.3, 0.4) is 0 Å². The molecular weight excluding hydrogens is 260 g/mol. The molecule has 2 heteroatoms. The van der Waals surface area contributed by atoms with E-state index in [1.165, 1.54) is 12.8 Å². The summed E-state index contributed by atoms with van der Waals surface area (Å²) in [6.07, 6.45) is 7.84. The Labute approximate surface area is 130 Å². The highest BCUT2D eigenvalue weighted by molar-refractivity contribution is 5.10. The maximum Gasteiger partial charge on any atom is 0.0801 e. The van der Waals surface area contributed by atoms with Crippen molar-refractivity contribution in [3.05, 3.63) is 12.7 Å². The molecule has 122 valence electrons. The van der Waals surface area contributed by atoms with E-state index in [0.717, 1.165) is 19.3 Å². The highest BCUT2D eigenvalue weighted by Crippen LogP contribution is 2.63. The predicted octanol–water partition coefficient (Wildman–Crippen LogP) is 4.31. The van der Waals surface area contributed by atoms with E-state index in [0.29, 0.717) is 17.8 Å². The quantitative estimate of drug-likeness (QED) is 0.762. The Bertz CT molecular complexity index is 408. The third-order valence-electron chi connectivity index (χ3n) is 6.82. The van der Waals surface area contributed by atoms with Gasteiger partial charge >= 0.3 is 0 Å². The van der Waals surface area contributed by atoms with E-state index in [1.807, 2.05) is 13.8 Å². The summed E-state index contributed by atoms with van der Waals surface area (Å²) < 4.78 is 0. The normalized spacial score (nSPS) is 45.5. The molecule has 0 aliphatic heterocycles. The monoisotopic (exact) mass is 294 g/mol. The van der Waals surface area contributed by atoms with E-state index < -0.39 is 11.2 Å². The molecule has 0 aromatic heterocycles. The summed E-state index contributed by atoms with van der Waals surface area (Å²) in [5, 5.41) is 21.5. The van der Waals surface area contributed by atoms with Crippen LogP contribution in [0.25, 0.3) is 0 Å². The van der Waals surface area contributed by atoms with Gasteiger partial charge in [0.15, 0.2) is 0 Å². The third-order valence-corrected chi connectivity index (χ3v) is 6.82. The number of fused-ring (bicyclic) bond motifs is 1. The summed E-state index contributed by atoms with van der Waals surface area (Å²) in [6.45, 7) is 14.7. The molecule has 0 saturated heterocycles. The molecule has 0 heterocycles. The molecule has 0 aromatic carbocycles. The Morgan fingerprint density at radius 1 is 1.19 bits per heavy atom. The Balaban J connectivity index is 2.39. The van der Waals surface area contributed by atoms with Gasteiger partial charge in [0, 0.05) is 0 Å². The first-order valence-electron chi connectivity index (χ1n) is 8.53. The molecule has 2 fully saturated rings. The largest absolute Gasteiger partial charge is 0.390 e. The van der Waals surface area contributed by atoms with E-state index in [-0.39, 0.29) is 11.3 Å². The number of aliphatic hydroxyl groups is 2. The zero-order chi connectivity index (χ0) is 16.1. The zero-order valence-electron chi connectivity index (χ0n) is 14.6. The van der Waals surface area contributed by atoms with Gasteiger partial charge in [-0.25, -0.2) is 0 Å². The van der Waals surface area contributed by atoms with Gasteiger partial charge in [-0.15, -0.1) is 6.58 Å². The van der Waals surface area contributed by atoms with Crippen LogP contribution in [0.2, 0.25) is 0 Å². The fourth-order valence-corrected chi connectivity index (χ4v) is 5.57. The predicted molar refractivity (Wildman–Crippen MR) is 88.0 cm³/mol. The summed E-state index contributed by atoms with van der Waals surface area (Å²) >= 11 is 0. The second-order valence-corrected chi connectivity index (χ2v) is 9.11. The molecule has 2 rings (SSSR count). The SMILES string of the molecule is C=C[C@](C)(O)C[C@@H]1[C@]2(C)CCCC(C)(C)[C@H]2CC[C@]1(C)O. The first kappa shape index (κ1) is 17.0. The van der Waals surface area contributed by atoms with Gasteiger partial charge in [0.2, 0.25) is 0 Å². The second-order valence-electron chi connectivity index (χ2n) is 9.11. The summed E-state index contributed by atoms with van der Waals surface area (Å²) in [4.78, 5) is 0. The van der Waals surface area contributed by atoms with E-state index in [1.54, 1.807) is 6.08 Å². The van der Waals surface area contributed by atoms with Gasteiger partial charge in [0.1, 0.15) is 0 Å². The molecule has 0 spiro atoms. The van der Waals surface area contributed by atoms with Gasteiger partial charge in [-0.2, -0.15) is 0 Å². The van der Waals surface area contributed by atoms with Crippen molar-refractivity contribution in [1.82, 2.24) is 0 Å². The molecule has 2 nitrogen and oxygen atoms in total. The minimum atomic E-state index is -0.902. The van der Waals surface area contributed by atoms with Crippen LogP contribution in [0, 0.1) is 22.7 Å². The standard InChI is InChI=1S/C19H34O2/c1-7-17(4,20)13-15-18(5)11-8-10-16(2,3)14(18)9-12-19(15,6)21/h7,14-15,20-21H,1,8-13H2,2-6H3/t14-,15-,17+,18-,19+/m1/s1. The van der Waals surface area contributed by atoms with Crippen LogP contribution in [0.5, 0.6) is 0 Å². The summed E-state index contributed by atoms with van der Waals surface area (Å²) in [5.74, 6) is 0.751. The summed E-state index contributed by atoms with van der Waals surface area (Å²) in [6, 6.07) is 0. The van der Waals surface area contributed by atoms with Crippen LogP contribution < -0.4 is 0 Å². The Morgan fingerprint density at radius 2 is 1.81 bits per heavy atom. The lowest BCUT2D eigenvalue weighted by atomic mass is 9.44. The van der Waals surface area contributed by atoms with Crippen molar-refractivity contribution < 1.29 is 10.2 Å². The van der Waals surface area contributed by atoms with E-state index in [4.69, 9.17) is 0 Å². The maximum atomic E-state index is 11.0. The molecule has 0 radical (unpaired) electrons. The second kappa shape index (κ2) is 5.09. The van der Waals surface area contributed by atoms with Crippen LogP contribution in [-0.4, -0.2) is 21.4 Å². The van der Waals surface area contributed by atoms with Crippen LogP contribution >= 0.6 is 0 Å². The number of hydrogen-bond acceptors (Lipinski definition) is 2. The van der Waals surface area contributed by atoms with Crippen molar-refractivity contribution in [2.24, 2.45) is 22.7 Å². The van der Waals surface area contributed by atoms with Crippen molar-refractivity contribution in [3.63, 3.8) is 0 Å². The van der Waals surface area contributed by atoms with Gasteiger partial charge in [-0.05, 0) is 68.6 Å². The van der Waals surface area contributed by atoms with Crippen molar-refractivity contribution in [1.29, 1.82) is 0 Å². The topological polar surface area (TPSA) is 40.5 Å².